The summed E-state index contributed by atoms with van der Waals surface area (Å²) in [5, 5.41) is 36.1. The Morgan fingerprint density at radius 3 is 2.92 bits per heavy atom. The Morgan fingerprint density at radius 2 is 2.24 bits per heavy atom. The third-order valence-electron chi connectivity index (χ3n) is 4.59. The SMILES string of the molecule is C[C@@]1(O)C(n2cc3c4c([nH]c(=O)nc42)NC(=O)CN3)O[C@H](CO)[C@H]1O. The summed E-state index contributed by atoms with van der Waals surface area (Å²) in [4.78, 5) is 30.0. The molecule has 4 atom stereocenters. The number of aliphatic hydroxyl groups is 3. The van der Waals surface area contributed by atoms with Crippen molar-refractivity contribution in [3.05, 3.63) is 16.7 Å². The molecule has 2 aromatic heterocycles. The quantitative estimate of drug-likeness (QED) is 0.365. The van der Waals surface area contributed by atoms with Gasteiger partial charge in [-0.1, -0.05) is 0 Å². The molecule has 0 spiro atoms. The lowest BCUT2D eigenvalue weighted by atomic mass is 9.96. The van der Waals surface area contributed by atoms with Crippen molar-refractivity contribution >= 4 is 28.4 Å². The highest BCUT2D eigenvalue weighted by Crippen LogP contribution is 2.42. The Kier molecular flexibility index (Phi) is 3.37. The summed E-state index contributed by atoms with van der Waals surface area (Å²) in [6.07, 6.45) is -1.86. The molecule has 1 unspecified atom stereocenters. The van der Waals surface area contributed by atoms with Crippen molar-refractivity contribution in [2.24, 2.45) is 0 Å². The van der Waals surface area contributed by atoms with Gasteiger partial charge >= 0.3 is 5.69 Å². The molecule has 4 heterocycles. The number of nitrogens with zero attached hydrogens (tertiary/aromatic N) is 2. The first-order chi connectivity index (χ1) is 11.8. The van der Waals surface area contributed by atoms with Gasteiger partial charge in [-0.2, -0.15) is 4.98 Å². The number of aromatic nitrogens is 3. The molecule has 1 fully saturated rings. The van der Waals surface area contributed by atoms with Crippen LogP contribution >= 0.6 is 0 Å². The van der Waals surface area contributed by atoms with E-state index in [4.69, 9.17) is 4.74 Å². The first-order valence-electron chi connectivity index (χ1n) is 7.68. The van der Waals surface area contributed by atoms with Gasteiger partial charge in [0, 0.05) is 6.20 Å². The zero-order valence-corrected chi connectivity index (χ0v) is 13.2. The number of anilines is 2. The second-order valence-electron chi connectivity index (χ2n) is 6.35. The van der Waals surface area contributed by atoms with Gasteiger partial charge in [0.25, 0.3) is 0 Å². The van der Waals surface area contributed by atoms with Gasteiger partial charge in [-0.05, 0) is 6.92 Å². The lowest BCUT2D eigenvalue weighted by molar-refractivity contribution is -0.114. The van der Waals surface area contributed by atoms with E-state index < -0.39 is 36.3 Å². The van der Waals surface area contributed by atoms with Crippen LogP contribution < -0.4 is 16.3 Å². The zero-order chi connectivity index (χ0) is 17.9. The summed E-state index contributed by atoms with van der Waals surface area (Å²) >= 11 is 0. The van der Waals surface area contributed by atoms with Crippen LogP contribution in [0.25, 0.3) is 11.0 Å². The molecule has 0 bridgehead atoms. The highest BCUT2D eigenvalue weighted by Gasteiger charge is 2.53. The molecular formula is C14H17N5O6. The van der Waals surface area contributed by atoms with E-state index in [1.165, 1.54) is 11.5 Å². The van der Waals surface area contributed by atoms with Crippen molar-refractivity contribution in [2.45, 2.75) is 31.0 Å². The van der Waals surface area contributed by atoms with Crippen LogP contribution in [0.1, 0.15) is 13.2 Å². The highest BCUT2D eigenvalue weighted by molar-refractivity contribution is 6.08. The number of nitrogens with one attached hydrogen (secondary N) is 3. The molecule has 2 aromatic rings. The Labute approximate surface area is 140 Å². The van der Waals surface area contributed by atoms with Crippen LogP contribution in [0.5, 0.6) is 0 Å². The molecule has 1 amide bonds. The molecule has 0 radical (unpaired) electrons. The summed E-state index contributed by atoms with van der Waals surface area (Å²) in [5.74, 6) is -0.138. The van der Waals surface area contributed by atoms with E-state index in [1.54, 1.807) is 6.20 Å². The molecule has 25 heavy (non-hydrogen) atoms. The number of hydrogen-bond donors (Lipinski definition) is 6. The van der Waals surface area contributed by atoms with E-state index in [9.17, 15) is 24.9 Å². The Balaban J connectivity index is 1.93. The number of carbonyl (C=O) groups excluding carboxylic acids is 1. The lowest BCUT2D eigenvalue weighted by Gasteiger charge is -2.27. The fourth-order valence-corrected chi connectivity index (χ4v) is 3.32. The van der Waals surface area contributed by atoms with Crippen LogP contribution in [-0.2, 0) is 9.53 Å². The van der Waals surface area contributed by atoms with Crippen molar-refractivity contribution in [3.8, 4) is 0 Å². The molecule has 0 saturated carbocycles. The maximum atomic E-state index is 11.9. The van der Waals surface area contributed by atoms with E-state index in [2.05, 4.69) is 20.6 Å². The molecule has 0 aromatic carbocycles. The largest absolute Gasteiger partial charge is 0.394 e. The van der Waals surface area contributed by atoms with Gasteiger partial charge in [0.05, 0.1) is 24.2 Å². The summed E-state index contributed by atoms with van der Waals surface area (Å²) in [5.41, 5.74) is -1.74. The summed E-state index contributed by atoms with van der Waals surface area (Å²) < 4.78 is 7.00. The molecule has 4 rings (SSSR count). The minimum atomic E-state index is -1.73. The van der Waals surface area contributed by atoms with Crippen molar-refractivity contribution in [1.29, 1.82) is 0 Å². The first kappa shape index (κ1) is 16.0. The van der Waals surface area contributed by atoms with E-state index in [0.29, 0.717) is 11.1 Å². The van der Waals surface area contributed by atoms with Gasteiger partial charge in [-0.15, -0.1) is 0 Å². The first-order valence-corrected chi connectivity index (χ1v) is 7.68. The Bertz CT molecular complexity index is 918. The minimum absolute atomic E-state index is 0.0143. The number of carbonyl (C=O) groups is 1. The van der Waals surface area contributed by atoms with Gasteiger partial charge in [0.15, 0.2) is 11.9 Å². The number of H-pyrrole nitrogens is 1. The zero-order valence-electron chi connectivity index (χ0n) is 13.2. The van der Waals surface area contributed by atoms with Gasteiger partial charge < -0.3 is 35.3 Å². The van der Waals surface area contributed by atoms with E-state index in [-0.39, 0.29) is 23.9 Å². The fraction of sp³-hybridized carbons (Fsp3) is 0.500. The van der Waals surface area contributed by atoms with E-state index in [1.807, 2.05) is 0 Å². The molecule has 134 valence electrons. The van der Waals surface area contributed by atoms with Crippen molar-refractivity contribution in [2.75, 3.05) is 23.8 Å². The van der Waals surface area contributed by atoms with Crippen LogP contribution in [0, 0.1) is 0 Å². The number of amides is 1. The standard InChI is InChI=1S/C14H17N5O6/c1-14(24)9(22)6(4-20)25-12(14)19-3-5-8-10(16-7(21)2-15-5)17-13(23)18-11(8)19/h3,6,9,12,15,20,22,24H,2,4H2,1H3,(H2,16,17,18,21,23)/t6-,9-,12?,14+/m1/s1. The molecular weight excluding hydrogens is 334 g/mol. The van der Waals surface area contributed by atoms with Gasteiger partial charge in [-0.25, -0.2) is 4.79 Å². The second-order valence-corrected chi connectivity index (χ2v) is 6.35. The van der Waals surface area contributed by atoms with Crippen molar-refractivity contribution < 1.29 is 24.9 Å². The van der Waals surface area contributed by atoms with Crippen LogP contribution in [0.15, 0.2) is 11.0 Å². The summed E-state index contributed by atoms with van der Waals surface area (Å²) in [6.45, 7) is 0.881. The van der Waals surface area contributed by atoms with Crippen LogP contribution in [-0.4, -0.2) is 66.7 Å². The maximum Gasteiger partial charge on any atom is 0.348 e. The average molecular weight is 351 g/mol. The number of hydrogen-bond acceptors (Lipinski definition) is 8. The third kappa shape index (κ3) is 2.24. The number of rotatable bonds is 2. The Hall–Kier alpha value is -2.47. The molecule has 11 heteroatoms. The van der Waals surface area contributed by atoms with Crippen LogP contribution in [0.4, 0.5) is 11.5 Å². The molecule has 11 nitrogen and oxygen atoms in total. The molecule has 2 aliphatic rings. The minimum Gasteiger partial charge on any atom is -0.394 e. The van der Waals surface area contributed by atoms with Crippen LogP contribution in [0.2, 0.25) is 0 Å². The van der Waals surface area contributed by atoms with Crippen molar-refractivity contribution in [1.82, 2.24) is 14.5 Å². The maximum absolute atomic E-state index is 11.9. The highest BCUT2D eigenvalue weighted by atomic mass is 16.6. The molecule has 2 aliphatic heterocycles. The second kappa shape index (κ2) is 5.26. The van der Waals surface area contributed by atoms with Crippen molar-refractivity contribution in [3.63, 3.8) is 0 Å². The predicted octanol–water partition coefficient (Wildman–Crippen LogP) is -1.91. The van der Waals surface area contributed by atoms with E-state index in [0.717, 1.165) is 0 Å². The van der Waals surface area contributed by atoms with Gasteiger partial charge in [0.2, 0.25) is 5.91 Å². The van der Waals surface area contributed by atoms with E-state index >= 15 is 0 Å². The smallest absolute Gasteiger partial charge is 0.348 e. The molecule has 0 aliphatic carbocycles. The fourth-order valence-electron chi connectivity index (χ4n) is 3.32. The number of aliphatic hydroxyl groups excluding tert-OH is 2. The topological polar surface area (TPSA) is 162 Å². The number of ether oxygens (including phenoxy) is 1. The van der Waals surface area contributed by atoms with Crippen LogP contribution in [0.3, 0.4) is 0 Å². The normalized spacial score (nSPS) is 31.7. The monoisotopic (exact) mass is 351 g/mol. The molecule has 6 N–H and O–H groups in total. The third-order valence-corrected chi connectivity index (χ3v) is 4.59. The van der Waals surface area contributed by atoms with Gasteiger partial charge in [0.1, 0.15) is 23.6 Å². The number of aromatic amines is 1. The van der Waals surface area contributed by atoms with Gasteiger partial charge in [-0.3, -0.25) is 9.78 Å². The average Bonchev–Trinajstić information content (AvgIpc) is 2.94. The summed E-state index contributed by atoms with van der Waals surface area (Å²) in [6, 6.07) is 0. The summed E-state index contributed by atoms with van der Waals surface area (Å²) in [7, 11) is 0. The Morgan fingerprint density at radius 1 is 1.48 bits per heavy atom. The lowest BCUT2D eigenvalue weighted by Crippen LogP contribution is -2.44. The molecule has 1 saturated heterocycles. The predicted molar refractivity (Wildman–Crippen MR) is 85.1 cm³/mol.